The molecule has 0 aliphatic heterocycles. The van der Waals surface area contributed by atoms with Crippen molar-refractivity contribution in [3.05, 3.63) is 59.4 Å². The number of benzene rings is 2. The van der Waals surface area contributed by atoms with Gasteiger partial charge in [0.05, 0.1) is 5.56 Å². The molecule has 1 atom stereocenters. The lowest BCUT2D eigenvalue weighted by Gasteiger charge is -2.14. The van der Waals surface area contributed by atoms with Crippen molar-refractivity contribution < 1.29 is 28.2 Å². The summed E-state index contributed by atoms with van der Waals surface area (Å²) < 4.78 is 23.7. The van der Waals surface area contributed by atoms with E-state index >= 15 is 0 Å². The van der Waals surface area contributed by atoms with Crippen molar-refractivity contribution in [2.24, 2.45) is 5.73 Å². The summed E-state index contributed by atoms with van der Waals surface area (Å²) in [6, 6.07) is 10.4. The number of hydrogen-bond donors (Lipinski definition) is 2. The smallest absolute Gasteiger partial charge is 0.344 e. The van der Waals surface area contributed by atoms with Gasteiger partial charge in [-0.25, -0.2) is 9.18 Å². The topological polar surface area (TPSA) is 108 Å². The van der Waals surface area contributed by atoms with Crippen LogP contribution in [0, 0.1) is 12.7 Å². The summed E-state index contributed by atoms with van der Waals surface area (Å²) in [6.45, 7) is 2.46. The molecular weight excluding hydrogens is 355 g/mol. The van der Waals surface area contributed by atoms with Gasteiger partial charge >= 0.3 is 5.97 Å². The fourth-order valence-corrected chi connectivity index (χ4v) is 2.13. The predicted octanol–water partition coefficient (Wildman–Crippen LogP) is 2.18. The van der Waals surface area contributed by atoms with Crippen LogP contribution in [0.25, 0.3) is 0 Å². The number of carbonyl (C=O) groups is 3. The average Bonchev–Trinajstić information content (AvgIpc) is 2.63. The van der Waals surface area contributed by atoms with Crippen molar-refractivity contribution in [3.8, 4) is 5.75 Å². The molecule has 0 spiro atoms. The Morgan fingerprint density at radius 3 is 2.56 bits per heavy atom. The van der Waals surface area contributed by atoms with Crippen LogP contribution in [-0.2, 0) is 14.3 Å². The maximum absolute atomic E-state index is 13.5. The van der Waals surface area contributed by atoms with Crippen LogP contribution in [0.1, 0.15) is 22.8 Å². The third kappa shape index (κ3) is 5.53. The SMILES string of the molecule is Cc1ccc(NC(=O)[C@H](C)OC(=O)COc2ccccc2C(N)=O)cc1F. The molecule has 0 aliphatic rings. The minimum atomic E-state index is -1.13. The number of carbonyl (C=O) groups excluding carboxylic acids is 3. The minimum absolute atomic E-state index is 0.123. The molecule has 0 heterocycles. The number of para-hydroxylation sites is 1. The highest BCUT2D eigenvalue weighted by Gasteiger charge is 2.19. The number of nitrogens with two attached hydrogens (primary N) is 1. The summed E-state index contributed by atoms with van der Waals surface area (Å²) in [5.41, 5.74) is 6.04. The van der Waals surface area contributed by atoms with Crippen LogP contribution in [0.4, 0.5) is 10.1 Å². The van der Waals surface area contributed by atoms with Gasteiger partial charge in [0.25, 0.3) is 11.8 Å². The van der Waals surface area contributed by atoms with E-state index in [-0.39, 0.29) is 17.0 Å². The number of nitrogens with one attached hydrogen (secondary N) is 1. The van der Waals surface area contributed by atoms with Crippen LogP contribution < -0.4 is 15.8 Å². The number of amides is 2. The van der Waals surface area contributed by atoms with Crippen LogP contribution in [0.15, 0.2) is 42.5 Å². The largest absolute Gasteiger partial charge is 0.481 e. The molecule has 8 heteroatoms. The molecule has 0 aromatic heterocycles. The monoisotopic (exact) mass is 374 g/mol. The van der Waals surface area contributed by atoms with E-state index in [1.807, 2.05) is 0 Å². The van der Waals surface area contributed by atoms with Gasteiger partial charge in [-0.2, -0.15) is 0 Å². The number of rotatable bonds is 7. The van der Waals surface area contributed by atoms with Crippen molar-refractivity contribution in [2.75, 3.05) is 11.9 Å². The third-order valence-corrected chi connectivity index (χ3v) is 3.61. The van der Waals surface area contributed by atoms with Gasteiger partial charge in [-0.1, -0.05) is 18.2 Å². The average molecular weight is 374 g/mol. The molecule has 0 fully saturated rings. The van der Waals surface area contributed by atoms with E-state index in [0.717, 1.165) is 0 Å². The zero-order valence-corrected chi connectivity index (χ0v) is 14.8. The van der Waals surface area contributed by atoms with Gasteiger partial charge < -0.3 is 20.5 Å². The number of halogens is 1. The van der Waals surface area contributed by atoms with Crippen LogP contribution in [-0.4, -0.2) is 30.5 Å². The summed E-state index contributed by atoms with van der Waals surface area (Å²) >= 11 is 0. The van der Waals surface area contributed by atoms with Gasteiger partial charge in [-0.15, -0.1) is 0 Å². The van der Waals surface area contributed by atoms with Gasteiger partial charge in [-0.3, -0.25) is 9.59 Å². The van der Waals surface area contributed by atoms with Gasteiger partial charge in [0.2, 0.25) is 0 Å². The van der Waals surface area contributed by atoms with Crippen LogP contribution in [0.5, 0.6) is 5.75 Å². The maximum Gasteiger partial charge on any atom is 0.344 e. The predicted molar refractivity (Wildman–Crippen MR) is 95.8 cm³/mol. The third-order valence-electron chi connectivity index (χ3n) is 3.61. The Bertz CT molecular complexity index is 869. The Balaban J connectivity index is 1.88. The second-order valence-corrected chi connectivity index (χ2v) is 5.73. The van der Waals surface area contributed by atoms with Crippen molar-refractivity contribution in [1.82, 2.24) is 0 Å². The number of primary amides is 1. The highest BCUT2D eigenvalue weighted by Crippen LogP contribution is 2.17. The summed E-state index contributed by atoms with van der Waals surface area (Å²) in [7, 11) is 0. The fraction of sp³-hybridized carbons (Fsp3) is 0.211. The zero-order valence-electron chi connectivity index (χ0n) is 14.8. The molecule has 7 nitrogen and oxygen atoms in total. The minimum Gasteiger partial charge on any atom is -0.481 e. The Labute approximate surface area is 155 Å². The van der Waals surface area contributed by atoms with E-state index in [0.29, 0.717) is 5.56 Å². The number of ether oxygens (including phenoxy) is 2. The van der Waals surface area contributed by atoms with E-state index < -0.39 is 36.3 Å². The first-order valence-corrected chi connectivity index (χ1v) is 8.06. The standard InChI is InChI=1S/C19H19FN2O5/c1-11-7-8-13(9-15(11)20)22-19(25)12(2)27-17(23)10-26-16-6-4-3-5-14(16)18(21)24/h3-9,12H,10H2,1-2H3,(H2,21,24)(H,22,25)/t12-/m0/s1. The maximum atomic E-state index is 13.5. The Morgan fingerprint density at radius 1 is 1.19 bits per heavy atom. The summed E-state index contributed by atoms with van der Waals surface area (Å²) in [4.78, 5) is 35.2. The molecule has 3 N–H and O–H groups in total. The number of hydrogen-bond acceptors (Lipinski definition) is 5. The molecule has 0 saturated carbocycles. The molecule has 142 valence electrons. The highest BCUT2D eigenvalue weighted by molar-refractivity contribution is 5.96. The van der Waals surface area contributed by atoms with Crippen molar-refractivity contribution in [1.29, 1.82) is 0 Å². The molecule has 0 aliphatic carbocycles. The second kappa shape index (κ2) is 8.79. The summed E-state index contributed by atoms with van der Waals surface area (Å²) in [5, 5.41) is 2.45. The fourth-order valence-electron chi connectivity index (χ4n) is 2.13. The zero-order chi connectivity index (χ0) is 20.0. The first-order valence-electron chi connectivity index (χ1n) is 8.06. The van der Waals surface area contributed by atoms with Crippen LogP contribution in [0.2, 0.25) is 0 Å². The summed E-state index contributed by atoms with van der Waals surface area (Å²) in [5.74, 6) is -2.46. The Hall–Kier alpha value is -3.42. The lowest BCUT2D eigenvalue weighted by molar-refractivity contribution is -0.155. The molecule has 0 radical (unpaired) electrons. The van der Waals surface area contributed by atoms with Gasteiger partial charge in [-0.05, 0) is 43.7 Å². The molecule has 2 rings (SSSR count). The lowest BCUT2D eigenvalue weighted by Crippen LogP contribution is -2.31. The van der Waals surface area contributed by atoms with Crippen molar-refractivity contribution >= 4 is 23.5 Å². The van der Waals surface area contributed by atoms with Gasteiger partial charge in [0.15, 0.2) is 12.7 Å². The Kier molecular flexibility index (Phi) is 6.48. The molecule has 0 saturated heterocycles. The summed E-state index contributed by atoms with van der Waals surface area (Å²) in [6.07, 6.45) is -1.13. The molecule has 2 aromatic carbocycles. The Morgan fingerprint density at radius 2 is 1.89 bits per heavy atom. The molecular formula is C19H19FN2O5. The number of aryl methyl sites for hydroxylation is 1. The van der Waals surface area contributed by atoms with E-state index in [1.54, 1.807) is 19.1 Å². The molecule has 2 aromatic rings. The van der Waals surface area contributed by atoms with Crippen LogP contribution >= 0.6 is 0 Å². The van der Waals surface area contributed by atoms with Gasteiger partial charge in [0.1, 0.15) is 11.6 Å². The first kappa shape index (κ1) is 19.9. The van der Waals surface area contributed by atoms with E-state index in [9.17, 15) is 18.8 Å². The van der Waals surface area contributed by atoms with E-state index in [1.165, 1.54) is 37.3 Å². The highest BCUT2D eigenvalue weighted by atomic mass is 19.1. The quantitative estimate of drug-likeness (QED) is 0.722. The molecule has 0 unspecified atom stereocenters. The number of esters is 1. The molecule has 27 heavy (non-hydrogen) atoms. The second-order valence-electron chi connectivity index (χ2n) is 5.73. The van der Waals surface area contributed by atoms with Crippen LogP contribution in [0.3, 0.4) is 0 Å². The normalized spacial score (nSPS) is 11.4. The van der Waals surface area contributed by atoms with Crippen molar-refractivity contribution in [2.45, 2.75) is 20.0 Å². The number of anilines is 1. The van der Waals surface area contributed by atoms with E-state index in [4.69, 9.17) is 15.2 Å². The van der Waals surface area contributed by atoms with Crippen molar-refractivity contribution in [3.63, 3.8) is 0 Å². The lowest BCUT2D eigenvalue weighted by atomic mass is 10.2. The van der Waals surface area contributed by atoms with Gasteiger partial charge in [0, 0.05) is 5.69 Å². The molecule has 0 bridgehead atoms. The van der Waals surface area contributed by atoms with E-state index in [2.05, 4.69) is 5.32 Å². The first-order chi connectivity index (χ1) is 12.8. The molecule has 2 amide bonds.